The van der Waals surface area contributed by atoms with Gasteiger partial charge >= 0.3 is 0 Å². The van der Waals surface area contributed by atoms with Gasteiger partial charge in [-0.2, -0.15) is 0 Å². The number of hydrogen-bond acceptors (Lipinski definition) is 3. The molecule has 0 aromatic heterocycles. The molecular formula is C10H18N2O3. The van der Waals surface area contributed by atoms with Gasteiger partial charge in [0.1, 0.15) is 0 Å². The zero-order chi connectivity index (χ0) is 11.5. The van der Waals surface area contributed by atoms with Gasteiger partial charge in [-0.05, 0) is 20.3 Å². The number of amides is 2. The van der Waals surface area contributed by atoms with Crippen molar-refractivity contribution in [1.82, 2.24) is 10.6 Å². The highest BCUT2D eigenvalue weighted by atomic mass is 16.3. The van der Waals surface area contributed by atoms with Gasteiger partial charge in [-0.3, -0.25) is 9.59 Å². The van der Waals surface area contributed by atoms with Crippen LogP contribution in [0.1, 0.15) is 26.7 Å². The Kier molecular flexibility index (Phi) is 3.68. The minimum atomic E-state index is -0.620. The second-order valence-electron chi connectivity index (χ2n) is 4.57. The van der Waals surface area contributed by atoms with Crippen LogP contribution in [0.4, 0.5) is 0 Å². The van der Waals surface area contributed by atoms with Crippen molar-refractivity contribution in [3.8, 4) is 0 Å². The molecule has 0 aromatic rings. The smallest absolute Gasteiger partial charge is 0.224 e. The largest absolute Gasteiger partial charge is 0.394 e. The third-order valence-corrected chi connectivity index (χ3v) is 2.47. The lowest BCUT2D eigenvalue weighted by molar-refractivity contribution is -0.133. The minimum absolute atomic E-state index is 0.0804. The SMILES string of the molecule is CC(C)(CO)NC(=O)C1CCNC(=O)C1. The summed E-state index contributed by atoms with van der Waals surface area (Å²) in [5, 5.41) is 14.4. The Morgan fingerprint density at radius 1 is 1.67 bits per heavy atom. The van der Waals surface area contributed by atoms with Gasteiger partial charge in [-0.25, -0.2) is 0 Å². The molecule has 1 heterocycles. The zero-order valence-electron chi connectivity index (χ0n) is 9.17. The lowest BCUT2D eigenvalue weighted by Crippen LogP contribution is -2.50. The van der Waals surface area contributed by atoms with Crippen LogP contribution >= 0.6 is 0 Å². The Labute approximate surface area is 89.2 Å². The van der Waals surface area contributed by atoms with E-state index in [1.165, 1.54) is 0 Å². The van der Waals surface area contributed by atoms with Gasteiger partial charge in [0.25, 0.3) is 0 Å². The second kappa shape index (κ2) is 4.61. The van der Waals surface area contributed by atoms with E-state index in [2.05, 4.69) is 10.6 Å². The molecule has 5 heteroatoms. The summed E-state index contributed by atoms with van der Waals surface area (Å²) in [6.45, 7) is 3.93. The number of carbonyl (C=O) groups excluding carboxylic acids is 2. The molecule has 2 amide bonds. The molecule has 15 heavy (non-hydrogen) atoms. The molecule has 1 saturated heterocycles. The van der Waals surface area contributed by atoms with E-state index in [4.69, 9.17) is 5.11 Å². The van der Waals surface area contributed by atoms with Crippen LogP contribution in [0.3, 0.4) is 0 Å². The minimum Gasteiger partial charge on any atom is -0.394 e. The van der Waals surface area contributed by atoms with Crippen LogP contribution in [0.25, 0.3) is 0 Å². The van der Waals surface area contributed by atoms with Gasteiger partial charge < -0.3 is 15.7 Å². The maximum absolute atomic E-state index is 11.7. The van der Waals surface area contributed by atoms with Crippen LogP contribution in [0.2, 0.25) is 0 Å². The van der Waals surface area contributed by atoms with E-state index in [1.807, 2.05) is 0 Å². The summed E-state index contributed by atoms with van der Waals surface area (Å²) >= 11 is 0. The first-order valence-corrected chi connectivity index (χ1v) is 5.14. The van der Waals surface area contributed by atoms with Gasteiger partial charge in [0.05, 0.1) is 12.1 Å². The predicted molar refractivity (Wildman–Crippen MR) is 55.0 cm³/mol. The summed E-state index contributed by atoms with van der Waals surface area (Å²) < 4.78 is 0. The maximum atomic E-state index is 11.7. The van der Waals surface area contributed by atoms with Crippen molar-refractivity contribution in [3.05, 3.63) is 0 Å². The maximum Gasteiger partial charge on any atom is 0.224 e. The van der Waals surface area contributed by atoms with E-state index in [0.717, 1.165) is 0 Å². The highest BCUT2D eigenvalue weighted by molar-refractivity contribution is 5.87. The first-order chi connectivity index (χ1) is 6.94. The average Bonchev–Trinajstić information content (AvgIpc) is 2.17. The third kappa shape index (κ3) is 3.51. The van der Waals surface area contributed by atoms with Crippen LogP contribution in [-0.2, 0) is 9.59 Å². The third-order valence-electron chi connectivity index (χ3n) is 2.47. The zero-order valence-corrected chi connectivity index (χ0v) is 9.17. The second-order valence-corrected chi connectivity index (χ2v) is 4.57. The quantitative estimate of drug-likeness (QED) is 0.587. The number of aliphatic hydroxyl groups is 1. The van der Waals surface area contributed by atoms with E-state index in [0.29, 0.717) is 13.0 Å². The van der Waals surface area contributed by atoms with Gasteiger partial charge in [0.2, 0.25) is 11.8 Å². The Morgan fingerprint density at radius 2 is 2.33 bits per heavy atom. The van der Waals surface area contributed by atoms with E-state index >= 15 is 0 Å². The van der Waals surface area contributed by atoms with Crippen molar-refractivity contribution in [2.45, 2.75) is 32.2 Å². The standard InChI is InChI=1S/C10H18N2O3/c1-10(2,6-13)12-9(15)7-3-4-11-8(14)5-7/h7,13H,3-6H2,1-2H3,(H,11,14)(H,12,15). The van der Waals surface area contributed by atoms with Gasteiger partial charge in [-0.1, -0.05) is 0 Å². The van der Waals surface area contributed by atoms with Crippen LogP contribution in [0.5, 0.6) is 0 Å². The Bertz CT molecular complexity index is 263. The van der Waals surface area contributed by atoms with E-state index in [1.54, 1.807) is 13.8 Å². The molecule has 0 spiro atoms. The van der Waals surface area contributed by atoms with Crippen molar-refractivity contribution in [3.63, 3.8) is 0 Å². The van der Waals surface area contributed by atoms with E-state index < -0.39 is 5.54 Å². The first-order valence-electron chi connectivity index (χ1n) is 5.14. The molecule has 86 valence electrons. The average molecular weight is 214 g/mol. The predicted octanol–water partition coefficient (Wildman–Crippen LogP) is -0.600. The fourth-order valence-corrected chi connectivity index (χ4v) is 1.48. The molecule has 3 N–H and O–H groups in total. The molecular weight excluding hydrogens is 196 g/mol. The molecule has 1 rings (SSSR count). The molecule has 0 bridgehead atoms. The van der Waals surface area contributed by atoms with Crippen molar-refractivity contribution in [1.29, 1.82) is 0 Å². The molecule has 1 aliphatic heterocycles. The van der Waals surface area contributed by atoms with E-state index in [-0.39, 0.29) is 30.8 Å². The summed E-state index contributed by atoms with van der Waals surface area (Å²) in [6, 6.07) is 0. The molecule has 1 atom stereocenters. The van der Waals surface area contributed by atoms with Gasteiger partial charge in [0, 0.05) is 18.9 Å². The highest BCUT2D eigenvalue weighted by Gasteiger charge is 2.29. The summed E-state index contributed by atoms with van der Waals surface area (Å²) in [4.78, 5) is 22.8. The molecule has 1 unspecified atom stereocenters. The van der Waals surface area contributed by atoms with Crippen molar-refractivity contribution >= 4 is 11.8 Å². The first kappa shape index (κ1) is 12.0. The van der Waals surface area contributed by atoms with Crippen LogP contribution in [0, 0.1) is 5.92 Å². The van der Waals surface area contributed by atoms with Crippen LogP contribution < -0.4 is 10.6 Å². The van der Waals surface area contributed by atoms with Gasteiger partial charge in [-0.15, -0.1) is 0 Å². The number of carbonyl (C=O) groups is 2. The molecule has 0 aromatic carbocycles. The van der Waals surface area contributed by atoms with Crippen LogP contribution in [-0.4, -0.2) is 35.6 Å². The molecule has 1 fully saturated rings. The Hall–Kier alpha value is -1.10. The van der Waals surface area contributed by atoms with Gasteiger partial charge in [0.15, 0.2) is 0 Å². The number of rotatable bonds is 3. The fourth-order valence-electron chi connectivity index (χ4n) is 1.48. The molecule has 0 saturated carbocycles. The number of piperidine rings is 1. The fraction of sp³-hybridized carbons (Fsp3) is 0.800. The number of hydrogen-bond donors (Lipinski definition) is 3. The van der Waals surface area contributed by atoms with Crippen LogP contribution in [0.15, 0.2) is 0 Å². The summed E-state index contributed by atoms with van der Waals surface area (Å²) in [5.74, 6) is -0.489. The number of nitrogens with one attached hydrogen (secondary N) is 2. The lowest BCUT2D eigenvalue weighted by Gasteiger charge is -2.28. The van der Waals surface area contributed by atoms with Crippen molar-refractivity contribution in [2.24, 2.45) is 5.92 Å². The number of aliphatic hydroxyl groups excluding tert-OH is 1. The Balaban J connectivity index is 2.49. The summed E-state index contributed by atoms with van der Waals surface area (Å²) in [5.41, 5.74) is -0.620. The van der Waals surface area contributed by atoms with E-state index in [9.17, 15) is 9.59 Å². The Morgan fingerprint density at radius 3 is 2.87 bits per heavy atom. The normalized spacial score (nSPS) is 22.1. The summed E-state index contributed by atoms with van der Waals surface area (Å²) in [7, 11) is 0. The lowest BCUT2D eigenvalue weighted by atomic mass is 9.95. The monoisotopic (exact) mass is 214 g/mol. The molecule has 0 radical (unpaired) electrons. The topological polar surface area (TPSA) is 78.4 Å². The molecule has 1 aliphatic rings. The van der Waals surface area contributed by atoms with Crippen molar-refractivity contribution < 1.29 is 14.7 Å². The highest BCUT2D eigenvalue weighted by Crippen LogP contribution is 2.14. The molecule has 0 aliphatic carbocycles. The molecule has 5 nitrogen and oxygen atoms in total. The van der Waals surface area contributed by atoms with Crippen molar-refractivity contribution in [2.75, 3.05) is 13.2 Å². The summed E-state index contributed by atoms with van der Waals surface area (Å²) in [6.07, 6.45) is 0.909.